The molecular formula is C24H44N5O6+. The van der Waals surface area contributed by atoms with E-state index < -0.39 is 42.0 Å². The Bertz CT molecular complexity index is 738. The SMILES string of the molecule is CC(=O)N[C@H](C(=O)N[C@@H](CCCNC(C)C)C(=O)N[C@@H](CCC(=O)C=[NH2+])C(=O)OC(C)C)C(C)C. The molecule has 0 aliphatic carbocycles. The summed E-state index contributed by atoms with van der Waals surface area (Å²) in [7, 11) is 0. The predicted octanol–water partition coefficient (Wildman–Crippen LogP) is -0.974. The van der Waals surface area contributed by atoms with Crippen molar-refractivity contribution in [3.63, 3.8) is 0 Å². The van der Waals surface area contributed by atoms with Gasteiger partial charge in [0, 0.05) is 19.4 Å². The molecule has 0 aromatic carbocycles. The van der Waals surface area contributed by atoms with Crippen molar-refractivity contribution < 1.29 is 34.1 Å². The van der Waals surface area contributed by atoms with E-state index >= 15 is 0 Å². The highest BCUT2D eigenvalue weighted by Gasteiger charge is 2.31. The molecule has 0 fully saturated rings. The highest BCUT2D eigenvalue weighted by atomic mass is 16.5. The largest absolute Gasteiger partial charge is 0.461 e. The van der Waals surface area contributed by atoms with Crippen LogP contribution in [0.4, 0.5) is 0 Å². The summed E-state index contributed by atoms with van der Waals surface area (Å²) in [5.41, 5.74) is 0. The fourth-order valence-electron chi connectivity index (χ4n) is 3.19. The third-order valence-corrected chi connectivity index (χ3v) is 4.98. The second-order valence-corrected chi connectivity index (χ2v) is 9.45. The van der Waals surface area contributed by atoms with Gasteiger partial charge in [0.05, 0.1) is 6.10 Å². The van der Waals surface area contributed by atoms with Crippen molar-refractivity contribution in [1.82, 2.24) is 21.3 Å². The molecule has 11 nitrogen and oxygen atoms in total. The van der Waals surface area contributed by atoms with Crippen molar-refractivity contribution in [2.24, 2.45) is 5.92 Å². The number of hydrogen-bond donors (Lipinski definition) is 5. The molecule has 0 aromatic rings. The number of hydrogen-bond acceptors (Lipinski definition) is 7. The molecule has 0 radical (unpaired) electrons. The minimum Gasteiger partial charge on any atom is -0.461 e. The minimum absolute atomic E-state index is 0.0000900. The first-order chi connectivity index (χ1) is 16.3. The fraction of sp³-hybridized carbons (Fsp3) is 0.750. The number of amides is 3. The molecule has 0 aromatic heterocycles. The Hall–Kier alpha value is -2.82. The third kappa shape index (κ3) is 14.2. The van der Waals surface area contributed by atoms with E-state index in [0.29, 0.717) is 19.4 Å². The van der Waals surface area contributed by atoms with Crippen LogP contribution in [0.25, 0.3) is 0 Å². The van der Waals surface area contributed by atoms with Crippen LogP contribution in [0.3, 0.4) is 0 Å². The lowest BCUT2D eigenvalue weighted by Gasteiger charge is -2.26. The van der Waals surface area contributed by atoms with Gasteiger partial charge < -0.3 is 26.0 Å². The minimum atomic E-state index is -1.08. The standard InChI is InChI=1S/C24H43N5O6/c1-14(2)21(27-17(7)30)23(33)28-19(9-8-12-26-15(3)4)22(32)29-20(11-10-18(31)13-25)24(34)35-16(5)6/h13-16,19-21,25-26H,8-12H2,1-7H3,(H,27,30)(H,28,33)(H,29,32)/p+1/t19-,20-,21-/m0/s1. The molecule has 0 aliphatic rings. The molecule has 200 valence electrons. The maximum absolute atomic E-state index is 13.2. The molecular weight excluding hydrogens is 454 g/mol. The molecule has 0 heterocycles. The third-order valence-electron chi connectivity index (χ3n) is 4.98. The van der Waals surface area contributed by atoms with Gasteiger partial charge in [-0.3, -0.25) is 24.6 Å². The van der Waals surface area contributed by atoms with Crippen molar-refractivity contribution in [1.29, 1.82) is 0 Å². The van der Waals surface area contributed by atoms with Crippen LogP contribution >= 0.6 is 0 Å². The first-order valence-corrected chi connectivity index (χ1v) is 12.2. The zero-order valence-corrected chi connectivity index (χ0v) is 22.1. The molecule has 3 atom stereocenters. The molecule has 11 heteroatoms. The van der Waals surface area contributed by atoms with Crippen molar-refractivity contribution in [2.45, 2.75) is 104 Å². The van der Waals surface area contributed by atoms with Crippen molar-refractivity contribution in [3.8, 4) is 0 Å². The molecule has 0 unspecified atom stereocenters. The summed E-state index contributed by atoms with van der Waals surface area (Å²) in [5.74, 6) is -2.70. The highest BCUT2D eigenvalue weighted by Crippen LogP contribution is 2.08. The van der Waals surface area contributed by atoms with E-state index in [9.17, 15) is 24.0 Å². The van der Waals surface area contributed by atoms with E-state index in [0.717, 1.165) is 6.21 Å². The first-order valence-electron chi connectivity index (χ1n) is 12.2. The van der Waals surface area contributed by atoms with Crippen LogP contribution in [-0.2, 0) is 28.7 Å². The number of ketones is 1. The quantitative estimate of drug-likeness (QED) is 0.0976. The molecule has 0 saturated heterocycles. The average Bonchev–Trinajstić information content (AvgIpc) is 2.75. The second kappa shape index (κ2) is 16.7. The number of carbonyl (C=O) groups is 5. The Labute approximate surface area is 208 Å². The van der Waals surface area contributed by atoms with E-state index in [1.165, 1.54) is 6.92 Å². The summed E-state index contributed by atoms with van der Waals surface area (Å²) in [6, 6.07) is -2.61. The summed E-state index contributed by atoms with van der Waals surface area (Å²) in [6.07, 6.45) is 1.31. The van der Waals surface area contributed by atoms with E-state index in [-0.39, 0.29) is 36.5 Å². The molecule has 0 aliphatic heterocycles. The number of ether oxygens (including phenoxy) is 1. The fourth-order valence-corrected chi connectivity index (χ4v) is 3.19. The first kappa shape index (κ1) is 32.2. The van der Waals surface area contributed by atoms with Crippen LogP contribution in [0.5, 0.6) is 0 Å². The molecule has 0 saturated carbocycles. The molecule has 35 heavy (non-hydrogen) atoms. The van der Waals surface area contributed by atoms with Crippen molar-refractivity contribution >= 4 is 35.7 Å². The maximum Gasteiger partial charge on any atom is 0.328 e. The highest BCUT2D eigenvalue weighted by molar-refractivity contribution is 6.24. The average molecular weight is 499 g/mol. The van der Waals surface area contributed by atoms with Crippen LogP contribution in [0, 0.1) is 5.92 Å². The Balaban J connectivity index is 5.62. The van der Waals surface area contributed by atoms with E-state index in [2.05, 4.69) is 21.3 Å². The van der Waals surface area contributed by atoms with Crippen LogP contribution in [0.2, 0.25) is 0 Å². The van der Waals surface area contributed by atoms with Crippen LogP contribution in [-0.4, -0.2) is 72.5 Å². The summed E-state index contributed by atoms with van der Waals surface area (Å²) in [5, 5.41) is 16.4. The van der Waals surface area contributed by atoms with Gasteiger partial charge in [-0.15, -0.1) is 0 Å². The zero-order valence-electron chi connectivity index (χ0n) is 22.1. The number of carbonyl (C=O) groups excluding carboxylic acids is 5. The molecule has 0 rings (SSSR count). The van der Waals surface area contributed by atoms with Gasteiger partial charge in [-0.05, 0) is 45.6 Å². The Morgan fingerprint density at radius 2 is 1.46 bits per heavy atom. The summed E-state index contributed by atoms with van der Waals surface area (Å²) >= 11 is 0. The molecule has 0 bridgehead atoms. The lowest BCUT2D eigenvalue weighted by atomic mass is 10.0. The summed E-state index contributed by atoms with van der Waals surface area (Å²) < 4.78 is 5.23. The van der Waals surface area contributed by atoms with Gasteiger partial charge in [0.15, 0.2) is 0 Å². The topological polar surface area (TPSA) is 168 Å². The molecule has 6 N–H and O–H groups in total. The van der Waals surface area contributed by atoms with E-state index in [1.807, 2.05) is 13.8 Å². The molecule has 0 spiro atoms. The van der Waals surface area contributed by atoms with Gasteiger partial charge in [0.1, 0.15) is 18.1 Å². The Morgan fingerprint density at radius 1 is 0.857 bits per heavy atom. The summed E-state index contributed by atoms with van der Waals surface area (Å²) in [6.45, 7) is 12.8. The van der Waals surface area contributed by atoms with Gasteiger partial charge in [-0.2, -0.15) is 0 Å². The number of rotatable bonds is 17. The lowest BCUT2D eigenvalue weighted by molar-refractivity contribution is -0.152. The predicted molar refractivity (Wildman–Crippen MR) is 132 cm³/mol. The normalized spacial score (nSPS) is 13.7. The maximum atomic E-state index is 13.2. The Morgan fingerprint density at radius 3 is 1.94 bits per heavy atom. The second-order valence-electron chi connectivity index (χ2n) is 9.45. The van der Waals surface area contributed by atoms with Crippen LogP contribution in [0.1, 0.15) is 74.1 Å². The van der Waals surface area contributed by atoms with Gasteiger partial charge in [0.25, 0.3) is 0 Å². The smallest absolute Gasteiger partial charge is 0.328 e. The van der Waals surface area contributed by atoms with Crippen LogP contribution < -0.4 is 26.7 Å². The Kier molecular flexibility index (Phi) is 15.4. The monoisotopic (exact) mass is 498 g/mol. The number of nitrogens with one attached hydrogen (secondary N) is 4. The molecule has 3 amide bonds. The number of nitrogens with two attached hydrogens (primary N) is 1. The van der Waals surface area contributed by atoms with Gasteiger partial charge >= 0.3 is 5.97 Å². The van der Waals surface area contributed by atoms with E-state index in [1.54, 1.807) is 27.7 Å². The van der Waals surface area contributed by atoms with Crippen LogP contribution in [0.15, 0.2) is 0 Å². The van der Waals surface area contributed by atoms with E-state index in [4.69, 9.17) is 10.1 Å². The van der Waals surface area contributed by atoms with Gasteiger partial charge in [0.2, 0.25) is 29.7 Å². The number of esters is 1. The lowest BCUT2D eigenvalue weighted by Crippen LogP contribution is -2.57. The van der Waals surface area contributed by atoms with Gasteiger partial charge in [-0.1, -0.05) is 27.7 Å². The van der Waals surface area contributed by atoms with Crippen molar-refractivity contribution in [2.75, 3.05) is 6.54 Å². The van der Waals surface area contributed by atoms with Gasteiger partial charge in [-0.25, -0.2) is 4.79 Å². The van der Waals surface area contributed by atoms with Crippen molar-refractivity contribution in [3.05, 3.63) is 0 Å². The number of Topliss-reactive ketones (excluding diaryl/α,β-unsaturated/α-hetero) is 1. The summed E-state index contributed by atoms with van der Waals surface area (Å²) in [4.78, 5) is 61.8. The zero-order chi connectivity index (χ0) is 27.1.